The van der Waals surface area contributed by atoms with Crippen molar-refractivity contribution in [2.75, 3.05) is 17.2 Å². The summed E-state index contributed by atoms with van der Waals surface area (Å²) in [4.78, 5) is 10.2. The fourth-order valence-electron chi connectivity index (χ4n) is 2.41. The van der Waals surface area contributed by atoms with Crippen LogP contribution in [0.1, 0.15) is 29.3 Å². The molecular weight excluding hydrogens is 388 g/mol. The molecule has 124 valence electrons. The molecule has 0 radical (unpaired) electrons. The molecule has 4 rings (SSSR count). The maximum atomic E-state index is 4.53. The van der Waals surface area contributed by atoms with Gasteiger partial charge in [-0.2, -0.15) is 10.1 Å². The zero-order valence-corrected chi connectivity index (χ0v) is 15.3. The van der Waals surface area contributed by atoms with E-state index >= 15 is 0 Å². The van der Waals surface area contributed by atoms with Crippen molar-refractivity contribution in [1.29, 1.82) is 0 Å². The topological polar surface area (TPSA) is 78.5 Å². The lowest BCUT2D eigenvalue weighted by Gasteiger charge is -2.08. The van der Waals surface area contributed by atoms with E-state index in [1.54, 1.807) is 17.5 Å². The molecule has 0 atom stereocenters. The molecule has 0 bridgehead atoms. The van der Waals surface area contributed by atoms with Crippen molar-refractivity contribution in [3.8, 4) is 0 Å². The van der Waals surface area contributed by atoms with Crippen LogP contribution in [0.3, 0.4) is 0 Å². The summed E-state index contributed by atoms with van der Waals surface area (Å²) in [5, 5.41) is 16.0. The normalized spacial score (nSPS) is 13.9. The van der Waals surface area contributed by atoms with E-state index in [1.165, 1.54) is 17.7 Å². The number of halogens is 1. The highest BCUT2D eigenvalue weighted by Crippen LogP contribution is 2.39. The van der Waals surface area contributed by atoms with E-state index < -0.39 is 0 Å². The second-order valence-corrected chi connectivity index (χ2v) is 7.64. The molecule has 1 aliphatic carbocycles. The third-order valence-electron chi connectivity index (χ3n) is 3.83. The smallest absolute Gasteiger partial charge is 0.224 e. The average Bonchev–Trinajstić information content (AvgIpc) is 3.10. The lowest BCUT2D eigenvalue weighted by molar-refractivity contribution is 0.965. The molecule has 0 spiro atoms. The standard InChI is InChI=1S/C16H17BrN6S/c17-12-9-19-16(18-6-5-11-2-1-7-24-11)21-15(12)20-14-8-13(22-23-14)10-3-4-10/h1-2,7-10H,3-6H2,(H3,18,19,20,21,22,23). The van der Waals surface area contributed by atoms with Gasteiger partial charge in [0.1, 0.15) is 5.82 Å². The third kappa shape index (κ3) is 3.76. The van der Waals surface area contributed by atoms with Gasteiger partial charge in [-0.15, -0.1) is 11.3 Å². The minimum Gasteiger partial charge on any atom is -0.354 e. The van der Waals surface area contributed by atoms with Crippen LogP contribution in [0.15, 0.2) is 34.2 Å². The fraction of sp³-hybridized carbons (Fsp3) is 0.312. The summed E-state index contributed by atoms with van der Waals surface area (Å²) >= 11 is 5.25. The van der Waals surface area contributed by atoms with Crippen molar-refractivity contribution in [1.82, 2.24) is 20.2 Å². The zero-order chi connectivity index (χ0) is 16.4. The van der Waals surface area contributed by atoms with Crippen molar-refractivity contribution in [2.45, 2.75) is 25.2 Å². The number of aromatic nitrogens is 4. The highest BCUT2D eigenvalue weighted by Gasteiger charge is 2.26. The Hall–Kier alpha value is -1.93. The molecule has 3 N–H and O–H groups in total. The Morgan fingerprint density at radius 2 is 2.29 bits per heavy atom. The van der Waals surface area contributed by atoms with Crippen LogP contribution in [0, 0.1) is 0 Å². The Morgan fingerprint density at radius 1 is 1.38 bits per heavy atom. The maximum absolute atomic E-state index is 4.53. The minimum atomic E-state index is 0.610. The van der Waals surface area contributed by atoms with E-state index in [4.69, 9.17) is 0 Å². The first-order valence-corrected chi connectivity index (χ1v) is 9.56. The van der Waals surface area contributed by atoms with Gasteiger partial charge in [0, 0.05) is 29.6 Å². The maximum Gasteiger partial charge on any atom is 0.224 e. The first-order chi connectivity index (χ1) is 11.8. The molecule has 3 aromatic heterocycles. The van der Waals surface area contributed by atoms with Gasteiger partial charge in [-0.05, 0) is 46.6 Å². The van der Waals surface area contributed by atoms with Crippen LogP contribution >= 0.6 is 27.3 Å². The summed E-state index contributed by atoms with van der Waals surface area (Å²) < 4.78 is 0.814. The monoisotopic (exact) mass is 404 g/mol. The molecule has 3 heterocycles. The van der Waals surface area contributed by atoms with Gasteiger partial charge in [-0.3, -0.25) is 5.10 Å². The molecule has 0 amide bonds. The number of aromatic amines is 1. The van der Waals surface area contributed by atoms with E-state index in [1.807, 2.05) is 0 Å². The predicted octanol–water partition coefficient (Wildman–Crippen LogP) is 4.30. The van der Waals surface area contributed by atoms with Gasteiger partial charge in [0.05, 0.1) is 10.2 Å². The summed E-state index contributed by atoms with van der Waals surface area (Å²) in [7, 11) is 0. The molecule has 0 aromatic carbocycles. The Bertz CT molecular complexity index is 812. The van der Waals surface area contributed by atoms with Crippen molar-refractivity contribution in [2.24, 2.45) is 0 Å². The van der Waals surface area contributed by atoms with E-state index in [0.717, 1.165) is 34.8 Å². The SMILES string of the molecule is Brc1cnc(NCCc2cccs2)nc1Nc1cc(C2CC2)n[nH]1. The third-order valence-corrected chi connectivity index (χ3v) is 5.34. The number of nitrogens with one attached hydrogen (secondary N) is 3. The van der Waals surface area contributed by atoms with Crippen LogP contribution in [0.4, 0.5) is 17.6 Å². The van der Waals surface area contributed by atoms with E-state index in [9.17, 15) is 0 Å². The van der Waals surface area contributed by atoms with Crippen molar-refractivity contribution in [3.63, 3.8) is 0 Å². The number of nitrogens with zero attached hydrogens (tertiary/aromatic N) is 3. The fourth-order valence-corrected chi connectivity index (χ4v) is 3.41. The number of hydrogen-bond acceptors (Lipinski definition) is 6. The molecule has 1 aliphatic rings. The Morgan fingerprint density at radius 3 is 3.08 bits per heavy atom. The predicted molar refractivity (Wildman–Crippen MR) is 100 cm³/mol. The number of hydrogen-bond donors (Lipinski definition) is 3. The molecule has 0 unspecified atom stereocenters. The van der Waals surface area contributed by atoms with E-state index in [0.29, 0.717) is 11.9 Å². The Kier molecular flexibility index (Phi) is 4.48. The molecule has 1 saturated carbocycles. The van der Waals surface area contributed by atoms with Gasteiger partial charge in [0.15, 0.2) is 5.82 Å². The van der Waals surface area contributed by atoms with E-state index in [-0.39, 0.29) is 0 Å². The quantitative estimate of drug-likeness (QED) is 0.546. The van der Waals surface area contributed by atoms with Gasteiger partial charge >= 0.3 is 0 Å². The summed E-state index contributed by atoms with van der Waals surface area (Å²) in [5.41, 5.74) is 1.12. The molecule has 0 saturated heterocycles. The van der Waals surface area contributed by atoms with Crippen LogP contribution in [-0.2, 0) is 6.42 Å². The molecular formula is C16H17BrN6S. The number of H-pyrrole nitrogens is 1. The van der Waals surface area contributed by atoms with Gasteiger partial charge in [0.2, 0.25) is 5.95 Å². The van der Waals surface area contributed by atoms with Crippen molar-refractivity contribution < 1.29 is 0 Å². The molecule has 0 aliphatic heterocycles. The average molecular weight is 405 g/mol. The number of anilines is 3. The highest BCUT2D eigenvalue weighted by atomic mass is 79.9. The van der Waals surface area contributed by atoms with Gasteiger partial charge in [0.25, 0.3) is 0 Å². The molecule has 3 aromatic rings. The zero-order valence-electron chi connectivity index (χ0n) is 12.9. The van der Waals surface area contributed by atoms with Gasteiger partial charge < -0.3 is 10.6 Å². The number of rotatable bonds is 7. The summed E-state index contributed by atoms with van der Waals surface area (Å²) in [5.74, 6) is 2.80. The molecule has 1 fully saturated rings. The summed E-state index contributed by atoms with van der Waals surface area (Å²) in [6, 6.07) is 6.26. The number of thiophene rings is 1. The van der Waals surface area contributed by atoms with Crippen LogP contribution in [0.5, 0.6) is 0 Å². The lowest BCUT2D eigenvalue weighted by atomic mass is 10.3. The van der Waals surface area contributed by atoms with Gasteiger partial charge in [-0.25, -0.2) is 4.98 Å². The first kappa shape index (κ1) is 15.6. The minimum absolute atomic E-state index is 0.610. The largest absolute Gasteiger partial charge is 0.354 e. The Balaban J connectivity index is 1.40. The highest BCUT2D eigenvalue weighted by molar-refractivity contribution is 9.10. The van der Waals surface area contributed by atoms with E-state index in [2.05, 4.69) is 70.3 Å². The second kappa shape index (κ2) is 6.90. The molecule has 24 heavy (non-hydrogen) atoms. The Labute approximate surface area is 152 Å². The summed E-state index contributed by atoms with van der Waals surface area (Å²) in [6.07, 6.45) is 5.19. The van der Waals surface area contributed by atoms with Crippen LogP contribution in [0.25, 0.3) is 0 Å². The molecule has 8 heteroatoms. The summed E-state index contributed by atoms with van der Waals surface area (Å²) in [6.45, 7) is 0.803. The van der Waals surface area contributed by atoms with Crippen molar-refractivity contribution >= 4 is 44.9 Å². The second-order valence-electron chi connectivity index (χ2n) is 5.75. The lowest BCUT2D eigenvalue weighted by Crippen LogP contribution is -2.08. The molecule has 6 nitrogen and oxygen atoms in total. The van der Waals surface area contributed by atoms with Crippen LogP contribution < -0.4 is 10.6 Å². The van der Waals surface area contributed by atoms with Gasteiger partial charge in [-0.1, -0.05) is 6.07 Å². The first-order valence-electron chi connectivity index (χ1n) is 7.89. The van der Waals surface area contributed by atoms with Crippen LogP contribution in [0.2, 0.25) is 0 Å². The van der Waals surface area contributed by atoms with Crippen molar-refractivity contribution in [3.05, 3.63) is 44.8 Å². The van der Waals surface area contributed by atoms with Crippen LogP contribution in [-0.4, -0.2) is 26.7 Å².